The Hall–Kier alpha value is -1.96. The molecular formula is C14H16O2. The molecule has 1 aromatic rings. The topological polar surface area (TPSA) is 18.5 Å². The van der Waals surface area contributed by atoms with Crippen molar-refractivity contribution >= 4 is 0 Å². The third-order valence-corrected chi connectivity index (χ3v) is 1.80. The minimum Gasteiger partial charge on any atom is -0.504 e. The summed E-state index contributed by atoms with van der Waals surface area (Å²) < 4.78 is 10.5. The van der Waals surface area contributed by atoms with Crippen LogP contribution >= 0.6 is 0 Å². The van der Waals surface area contributed by atoms with Crippen molar-refractivity contribution in [3.05, 3.63) is 66.7 Å². The number of ether oxygens (including phenoxy) is 2. The molecule has 84 valence electrons. The van der Waals surface area contributed by atoms with Crippen molar-refractivity contribution < 1.29 is 9.47 Å². The van der Waals surface area contributed by atoms with Crippen LogP contribution < -0.4 is 4.74 Å². The van der Waals surface area contributed by atoms with Crippen molar-refractivity contribution in [1.82, 2.24) is 0 Å². The second kappa shape index (κ2) is 7.35. The maximum atomic E-state index is 5.66. The van der Waals surface area contributed by atoms with Gasteiger partial charge in [-0.2, -0.15) is 0 Å². The van der Waals surface area contributed by atoms with E-state index in [0.29, 0.717) is 0 Å². The van der Waals surface area contributed by atoms with Gasteiger partial charge in [-0.15, -0.1) is 0 Å². The number of hydrogen-bond acceptors (Lipinski definition) is 2. The molecule has 0 bridgehead atoms. The Morgan fingerprint density at radius 3 is 2.56 bits per heavy atom. The number of allylic oxidation sites excluding steroid dienone is 4. The first kappa shape index (κ1) is 12.1. The van der Waals surface area contributed by atoms with E-state index in [1.165, 1.54) is 0 Å². The van der Waals surface area contributed by atoms with E-state index < -0.39 is 0 Å². The highest BCUT2D eigenvalue weighted by Gasteiger charge is 1.94. The third kappa shape index (κ3) is 4.51. The Kier molecular flexibility index (Phi) is 5.56. The number of para-hydroxylation sites is 1. The lowest BCUT2D eigenvalue weighted by Crippen LogP contribution is -1.91. The maximum Gasteiger partial charge on any atom is 0.130 e. The molecule has 0 radical (unpaired) electrons. The van der Waals surface area contributed by atoms with Gasteiger partial charge in [0.15, 0.2) is 0 Å². The molecule has 1 rings (SSSR count). The molecule has 0 saturated heterocycles. The van der Waals surface area contributed by atoms with Crippen LogP contribution in [0.5, 0.6) is 5.75 Å². The van der Waals surface area contributed by atoms with Crippen LogP contribution in [-0.4, -0.2) is 7.11 Å². The highest BCUT2D eigenvalue weighted by molar-refractivity contribution is 5.27. The fourth-order valence-electron chi connectivity index (χ4n) is 1.07. The lowest BCUT2D eigenvalue weighted by atomic mass is 10.3. The smallest absolute Gasteiger partial charge is 0.130 e. The van der Waals surface area contributed by atoms with Crippen LogP contribution in [0.1, 0.15) is 6.92 Å². The van der Waals surface area contributed by atoms with Crippen molar-refractivity contribution in [1.29, 1.82) is 0 Å². The van der Waals surface area contributed by atoms with E-state index in [-0.39, 0.29) is 0 Å². The number of benzene rings is 1. The Morgan fingerprint density at radius 2 is 1.94 bits per heavy atom. The predicted molar refractivity (Wildman–Crippen MR) is 66.1 cm³/mol. The Morgan fingerprint density at radius 1 is 1.19 bits per heavy atom. The van der Waals surface area contributed by atoms with Gasteiger partial charge in [0.05, 0.1) is 13.4 Å². The van der Waals surface area contributed by atoms with Crippen LogP contribution in [-0.2, 0) is 4.74 Å². The third-order valence-electron chi connectivity index (χ3n) is 1.80. The highest BCUT2D eigenvalue weighted by atomic mass is 16.5. The van der Waals surface area contributed by atoms with Gasteiger partial charge < -0.3 is 9.47 Å². The van der Waals surface area contributed by atoms with Gasteiger partial charge in [-0.05, 0) is 25.1 Å². The molecule has 1 aromatic carbocycles. The van der Waals surface area contributed by atoms with Crippen LogP contribution in [0.15, 0.2) is 66.7 Å². The summed E-state index contributed by atoms with van der Waals surface area (Å²) in [6.07, 6.45) is 9.08. The van der Waals surface area contributed by atoms with E-state index in [1.807, 2.05) is 55.5 Å². The molecule has 0 unspecified atom stereocenters. The molecule has 0 spiro atoms. The quantitative estimate of drug-likeness (QED) is 0.552. The Balaban J connectivity index is 2.75. The standard InChI is InChI=1S/C14H16O2/c1-3-4-8-14(11-12-15-2)16-13-9-6-5-7-10-13/h3-12H,1-2H3/b4-3+,12-11-,14-8+. The van der Waals surface area contributed by atoms with Crippen molar-refractivity contribution in [2.75, 3.05) is 7.11 Å². The molecule has 0 aliphatic carbocycles. The second-order valence-electron chi connectivity index (χ2n) is 3.05. The van der Waals surface area contributed by atoms with Gasteiger partial charge >= 0.3 is 0 Å². The van der Waals surface area contributed by atoms with E-state index in [1.54, 1.807) is 19.4 Å². The van der Waals surface area contributed by atoms with Gasteiger partial charge in [-0.3, -0.25) is 0 Å². The maximum absolute atomic E-state index is 5.66. The fourth-order valence-corrected chi connectivity index (χ4v) is 1.07. The molecule has 0 amide bonds. The normalized spacial score (nSPS) is 12.2. The predicted octanol–water partition coefficient (Wildman–Crippen LogP) is 3.69. The second-order valence-corrected chi connectivity index (χ2v) is 3.05. The molecule has 16 heavy (non-hydrogen) atoms. The summed E-state index contributed by atoms with van der Waals surface area (Å²) in [5.41, 5.74) is 0. The molecule has 2 heteroatoms. The van der Waals surface area contributed by atoms with Crippen molar-refractivity contribution in [3.8, 4) is 5.75 Å². The first-order valence-electron chi connectivity index (χ1n) is 5.12. The van der Waals surface area contributed by atoms with Crippen LogP contribution in [0.4, 0.5) is 0 Å². The lowest BCUT2D eigenvalue weighted by molar-refractivity contribution is 0.334. The summed E-state index contributed by atoms with van der Waals surface area (Å²) in [5.74, 6) is 1.53. The molecular weight excluding hydrogens is 200 g/mol. The first-order chi connectivity index (χ1) is 7.86. The minimum absolute atomic E-state index is 0.728. The van der Waals surface area contributed by atoms with E-state index in [9.17, 15) is 0 Å². The minimum atomic E-state index is 0.728. The molecule has 0 aromatic heterocycles. The number of methoxy groups -OCH3 is 1. The Labute approximate surface area is 96.5 Å². The summed E-state index contributed by atoms with van der Waals surface area (Å²) in [6, 6.07) is 9.63. The molecule has 0 heterocycles. The summed E-state index contributed by atoms with van der Waals surface area (Å²) in [7, 11) is 1.60. The van der Waals surface area contributed by atoms with Crippen molar-refractivity contribution in [3.63, 3.8) is 0 Å². The monoisotopic (exact) mass is 216 g/mol. The molecule has 0 fully saturated rings. The van der Waals surface area contributed by atoms with E-state index in [2.05, 4.69) is 0 Å². The molecule has 0 atom stereocenters. The van der Waals surface area contributed by atoms with Gasteiger partial charge in [0.25, 0.3) is 0 Å². The largest absolute Gasteiger partial charge is 0.504 e. The summed E-state index contributed by atoms with van der Waals surface area (Å²) >= 11 is 0. The van der Waals surface area contributed by atoms with Gasteiger partial charge in [0, 0.05) is 6.08 Å². The van der Waals surface area contributed by atoms with Gasteiger partial charge in [0.1, 0.15) is 11.5 Å². The SMILES string of the molecule is C/C=C/C=C(\C=C/OC)Oc1ccccc1. The van der Waals surface area contributed by atoms with Crippen molar-refractivity contribution in [2.45, 2.75) is 6.92 Å². The molecule has 2 nitrogen and oxygen atoms in total. The zero-order chi connectivity index (χ0) is 11.6. The molecule has 0 N–H and O–H groups in total. The zero-order valence-corrected chi connectivity index (χ0v) is 9.59. The summed E-state index contributed by atoms with van der Waals surface area (Å²) in [6.45, 7) is 1.96. The average Bonchev–Trinajstić information content (AvgIpc) is 2.34. The van der Waals surface area contributed by atoms with E-state index in [4.69, 9.17) is 9.47 Å². The first-order valence-corrected chi connectivity index (χ1v) is 5.12. The van der Waals surface area contributed by atoms with Gasteiger partial charge in [-0.25, -0.2) is 0 Å². The van der Waals surface area contributed by atoms with E-state index in [0.717, 1.165) is 11.5 Å². The highest BCUT2D eigenvalue weighted by Crippen LogP contribution is 2.13. The van der Waals surface area contributed by atoms with Crippen LogP contribution in [0, 0.1) is 0 Å². The molecule has 0 aliphatic heterocycles. The average molecular weight is 216 g/mol. The number of hydrogen-bond donors (Lipinski definition) is 0. The van der Waals surface area contributed by atoms with Crippen LogP contribution in [0.2, 0.25) is 0 Å². The zero-order valence-electron chi connectivity index (χ0n) is 9.59. The number of rotatable bonds is 5. The van der Waals surface area contributed by atoms with Gasteiger partial charge in [-0.1, -0.05) is 30.4 Å². The Bertz CT molecular complexity index is 375. The van der Waals surface area contributed by atoms with Gasteiger partial charge in [0.2, 0.25) is 0 Å². The summed E-state index contributed by atoms with van der Waals surface area (Å²) in [5, 5.41) is 0. The van der Waals surface area contributed by atoms with E-state index >= 15 is 0 Å². The van der Waals surface area contributed by atoms with Crippen molar-refractivity contribution in [2.24, 2.45) is 0 Å². The molecule has 0 aliphatic rings. The van der Waals surface area contributed by atoms with Crippen LogP contribution in [0.25, 0.3) is 0 Å². The lowest BCUT2D eigenvalue weighted by Gasteiger charge is -2.05. The molecule has 0 saturated carbocycles. The fraction of sp³-hybridized carbons (Fsp3) is 0.143. The summed E-state index contributed by atoms with van der Waals surface area (Å²) in [4.78, 5) is 0. The van der Waals surface area contributed by atoms with Crippen LogP contribution in [0.3, 0.4) is 0 Å².